The van der Waals surface area contributed by atoms with E-state index in [1.54, 1.807) is 7.11 Å². The molecule has 2 aromatic rings. The third-order valence-electron chi connectivity index (χ3n) is 3.99. The first-order valence-corrected chi connectivity index (χ1v) is 7.85. The third kappa shape index (κ3) is 2.39. The monoisotopic (exact) mass is 304 g/mol. The quantitative estimate of drug-likeness (QED) is 0.834. The molecule has 0 aliphatic heterocycles. The number of ether oxygens (including phenoxy) is 1. The lowest BCUT2D eigenvalue weighted by molar-refractivity contribution is 0.109. The van der Waals surface area contributed by atoms with Crippen LogP contribution in [0.2, 0.25) is 0 Å². The van der Waals surface area contributed by atoms with E-state index in [2.05, 4.69) is 24.3 Å². The minimum atomic E-state index is -2.39. The molecule has 0 bridgehead atoms. The molecular formula is C16H17O4P. The van der Waals surface area contributed by atoms with Crippen LogP contribution >= 0.6 is 8.60 Å². The van der Waals surface area contributed by atoms with Gasteiger partial charge in [0.25, 0.3) is 0 Å². The molecule has 2 aromatic carbocycles. The van der Waals surface area contributed by atoms with E-state index in [1.165, 1.54) is 0 Å². The molecule has 0 amide bonds. The minimum Gasteiger partial charge on any atom is -0.383 e. The van der Waals surface area contributed by atoms with E-state index in [0.29, 0.717) is 6.61 Å². The van der Waals surface area contributed by atoms with Gasteiger partial charge in [-0.2, -0.15) is 0 Å². The molecule has 0 heterocycles. The minimum absolute atomic E-state index is 0.174. The van der Waals surface area contributed by atoms with Crippen LogP contribution in [0.25, 0.3) is 11.1 Å². The summed E-state index contributed by atoms with van der Waals surface area (Å²) < 4.78 is 10.6. The molecule has 21 heavy (non-hydrogen) atoms. The van der Waals surface area contributed by atoms with Crippen LogP contribution in [0.15, 0.2) is 48.5 Å². The Labute approximate surface area is 125 Å². The smallest absolute Gasteiger partial charge is 0.327 e. The number of rotatable bonds is 5. The number of hydrogen-bond donors (Lipinski definition) is 2. The van der Waals surface area contributed by atoms with Crippen LogP contribution in [0.1, 0.15) is 11.1 Å². The van der Waals surface area contributed by atoms with E-state index in [4.69, 9.17) is 19.0 Å². The molecule has 0 unspecified atom stereocenters. The van der Waals surface area contributed by atoms with E-state index in [1.807, 2.05) is 24.3 Å². The summed E-state index contributed by atoms with van der Waals surface area (Å²) in [6.45, 7) is 0.595. The van der Waals surface area contributed by atoms with Gasteiger partial charge in [0, 0.05) is 7.11 Å². The summed E-state index contributed by atoms with van der Waals surface area (Å²) in [6, 6.07) is 16.2. The lowest BCUT2D eigenvalue weighted by Gasteiger charge is -2.31. The molecule has 5 heteroatoms. The summed E-state index contributed by atoms with van der Waals surface area (Å²) in [5, 5.41) is 0. The van der Waals surface area contributed by atoms with Gasteiger partial charge in [0.1, 0.15) is 0 Å². The maximum Gasteiger partial charge on any atom is 0.327 e. The van der Waals surface area contributed by atoms with Gasteiger partial charge in [0.15, 0.2) is 0 Å². The zero-order chi connectivity index (χ0) is 14.9. The fourth-order valence-electron chi connectivity index (χ4n) is 3.18. The van der Waals surface area contributed by atoms with Crippen molar-refractivity contribution < 1.29 is 19.0 Å². The zero-order valence-corrected chi connectivity index (χ0v) is 12.6. The van der Waals surface area contributed by atoms with Gasteiger partial charge >= 0.3 is 8.60 Å². The Morgan fingerprint density at radius 2 is 1.43 bits per heavy atom. The van der Waals surface area contributed by atoms with E-state index < -0.39 is 14.0 Å². The third-order valence-corrected chi connectivity index (χ3v) is 4.35. The molecule has 0 fully saturated rings. The van der Waals surface area contributed by atoms with Crippen molar-refractivity contribution in [2.24, 2.45) is 0 Å². The predicted octanol–water partition coefficient (Wildman–Crippen LogP) is 2.83. The van der Waals surface area contributed by atoms with Gasteiger partial charge in [-0.1, -0.05) is 48.5 Å². The van der Waals surface area contributed by atoms with Gasteiger partial charge in [-0.3, -0.25) is 0 Å². The Morgan fingerprint density at radius 3 is 1.90 bits per heavy atom. The highest BCUT2D eigenvalue weighted by atomic mass is 31.2. The van der Waals surface area contributed by atoms with Crippen molar-refractivity contribution in [3.05, 3.63) is 59.7 Å². The second-order valence-corrected chi connectivity index (χ2v) is 5.90. The summed E-state index contributed by atoms with van der Waals surface area (Å²) in [6.07, 6.45) is 0. The van der Waals surface area contributed by atoms with Gasteiger partial charge in [-0.25, -0.2) is 0 Å². The van der Waals surface area contributed by atoms with Crippen LogP contribution in [-0.4, -0.2) is 30.1 Å². The molecule has 0 saturated heterocycles. The Kier molecular flexibility index (Phi) is 4.07. The highest BCUT2D eigenvalue weighted by molar-refractivity contribution is 7.39. The topological polar surface area (TPSA) is 58.9 Å². The summed E-state index contributed by atoms with van der Waals surface area (Å²) in [5.41, 5.74) is 3.99. The van der Waals surface area contributed by atoms with Gasteiger partial charge in [-0.15, -0.1) is 0 Å². The number of benzene rings is 2. The van der Waals surface area contributed by atoms with Crippen molar-refractivity contribution >= 4 is 8.60 Å². The maximum absolute atomic E-state index is 9.15. The molecule has 1 aliphatic rings. The molecule has 1 aliphatic carbocycles. The van der Waals surface area contributed by atoms with Gasteiger partial charge in [-0.05, 0) is 22.3 Å². The Bertz CT molecular complexity index is 596. The second kappa shape index (κ2) is 5.84. The molecule has 4 nitrogen and oxygen atoms in total. The van der Waals surface area contributed by atoms with Gasteiger partial charge < -0.3 is 19.0 Å². The van der Waals surface area contributed by atoms with Crippen LogP contribution in [0, 0.1) is 0 Å². The Morgan fingerprint density at radius 1 is 0.905 bits per heavy atom. The van der Waals surface area contributed by atoms with E-state index >= 15 is 0 Å². The molecular weight excluding hydrogens is 287 g/mol. The average molecular weight is 304 g/mol. The van der Waals surface area contributed by atoms with Crippen molar-refractivity contribution in [3.8, 4) is 11.1 Å². The van der Waals surface area contributed by atoms with E-state index in [0.717, 1.165) is 22.3 Å². The summed E-state index contributed by atoms with van der Waals surface area (Å²) in [4.78, 5) is 18.3. The predicted molar refractivity (Wildman–Crippen MR) is 81.8 cm³/mol. The molecule has 3 rings (SSSR count). The van der Waals surface area contributed by atoms with Crippen molar-refractivity contribution in [3.63, 3.8) is 0 Å². The number of hydrogen-bond acceptors (Lipinski definition) is 4. The lowest BCUT2D eigenvalue weighted by atomic mass is 9.80. The fourth-order valence-corrected chi connectivity index (χ4v) is 3.52. The number of methoxy groups -OCH3 is 1. The fraction of sp³-hybridized carbons (Fsp3) is 0.250. The molecule has 0 atom stereocenters. The second-order valence-electron chi connectivity index (χ2n) is 5.13. The van der Waals surface area contributed by atoms with Crippen LogP contribution < -0.4 is 0 Å². The molecule has 0 saturated carbocycles. The highest BCUT2D eigenvalue weighted by Crippen LogP contribution is 2.50. The first-order chi connectivity index (χ1) is 10.2. The van der Waals surface area contributed by atoms with Crippen LogP contribution in [0.5, 0.6) is 0 Å². The summed E-state index contributed by atoms with van der Waals surface area (Å²) in [5.74, 6) is 0. The number of fused-ring (bicyclic) bond motifs is 3. The normalized spacial score (nSPS) is 15.0. The Balaban J connectivity index is 2.17. The highest BCUT2D eigenvalue weighted by Gasteiger charge is 2.43. The Hall–Kier alpha value is -1.29. The molecule has 0 spiro atoms. The first-order valence-electron chi connectivity index (χ1n) is 6.68. The molecule has 2 N–H and O–H groups in total. The SMILES string of the molecule is COCC1(COP(O)O)c2ccccc2-c2ccccc21. The maximum atomic E-state index is 9.15. The zero-order valence-electron chi connectivity index (χ0n) is 11.7. The van der Waals surface area contributed by atoms with E-state index in [9.17, 15) is 0 Å². The van der Waals surface area contributed by atoms with Crippen LogP contribution in [0.3, 0.4) is 0 Å². The van der Waals surface area contributed by atoms with Crippen molar-refractivity contribution in [2.45, 2.75) is 5.41 Å². The van der Waals surface area contributed by atoms with Crippen molar-refractivity contribution in [1.82, 2.24) is 0 Å². The van der Waals surface area contributed by atoms with Gasteiger partial charge in [0.2, 0.25) is 0 Å². The van der Waals surface area contributed by atoms with Crippen molar-refractivity contribution in [1.29, 1.82) is 0 Å². The van der Waals surface area contributed by atoms with Crippen molar-refractivity contribution in [2.75, 3.05) is 20.3 Å². The lowest BCUT2D eigenvalue weighted by Crippen LogP contribution is -2.35. The molecule has 0 radical (unpaired) electrons. The van der Waals surface area contributed by atoms with E-state index in [-0.39, 0.29) is 6.61 Å². The van der Waals surface area contributed by atoms with Gasteiger partial charge in [0.05, 0.1) is 18.6 Å². The standard InChI is InChI=1S/C16H17O4P/c1-19-10-16(11-20-21(17)18)14-8-4-2-6-12(14)13-7-3-5-9-15(13)16/h2-9,17-18H,10-11H2,1H3. The van der Waals surface area contributed by atoms with Crippen LogP contribution in [0.4, 0.5) is 0 Å². The molecule has 110 valence electrons. The summed E-state index contributed by atoms with van der Waals surface area (Å²) >= 11 is 0. The summed E-state index contributed by atoms with van der Waals surface area (Å²) in [7, 11) is -0.748. The van der Waals surface area contributed by atoms with Crippen LogP contribution in [-0.2, 0) is 14.7 Å². The molecule has 0 aromatic heterocycles. The largest absolute Gasteiger partial charge is 0.383 e. The average Bonchev–Trinajstić information content (AvgIpc) is 2.78. The first kappa shape index (κ1) is 14.6.